The second kappa shape index (κ2) is 13.3. The monoisotopic (exact) mass is 555 g/mol. The molecule has 0 saturated carbocycles. The van der Waals surface area contributed by atoms with Gasteiger partial charge in [0.05, 0.1) is 16.8 Å². The van der Waals surface area contributed by atoms with Gasteiger partial charge < -0.3 is 15.1 Å². The quantitative estimate of drug-likeness (QED) is 0.414. The number of pyridine rings is 1. The maximum absolute atomic E-state index is 13.1. The van der Waals surface area contributed by atoms with Crippen molar-refractivity contribution in [2.24, 2.45) is 11.8 Å². The fourth-order valence-corrected chi connectivity index (χ4v) is 5.76. The third-order valence-corrected chi connectivity index (χ3v) is 7.92. The van der Waals surface area contributed by atoms with E-state index in [0.29, 0.717) is 43.5 Å². The number of nitriles is 1. The first kappa shape index (κ1) is 29.5. The molecule has 0 spiro atoms. The number of hydrogen-bond donors (Lipinski definition) is 1. The number of halogens is 3. The lowest BCUT2D eigenvalue weighted by molar-refractivity contribution is -0.137. The number of hydrogen-bond acceptors (Lipinski definition) is 6. The number of likely N-dealkylation sites (tertiary alicyclic amines) is 1. The van der Waals surface area contributed by atoms with Crippen LogP contribution >= 0.6 is 0 Å². The Morgan fingerprint density at radius 1 is 1.12 bits per heavy atom. The summed E-state index contributed by atoms with van der Waals surface area (Å²) in [5.74, 6) is 1.03. The van der Waals surface area contributed by atoms with Gasteiger partial charge in [-0.3, -0.25) is 9.59 Å². The normalized spacial score (nSPS) is 18.8. The fourth-order valence-electron chi connectivity index (χ4n) is 5.76. The van der Waals surface area contributed by atoms with Crippen molar-refractivity contribution in [3.63, 3.8) is 0 Å². The average molecular weight is 556 g/mol. The summed E-state index contributed by atoms with van der Waals surface area (Å²) in [4.78, 5) is 34.3. The summed E-state index contributed by atoms with van der Waals surface area (Å²) in [7, 11) is 2.16. The van der Waals surface area contributed by atoms with Crippen LogP contribution in [0.5, 0.6) is 0 Å². The van der Waals surface area contributed by atoms with Gasteiger partial charge in [0.15, 0.2) is 5.82 Å². The van der Waals surface area contributed by atoms with E-state index < -0.39 is 17.6 Å². The molecule has 0 aliphatic carbocycles. The summed E-state index contributed by atoms with van der Waals surface area (Å²) >= 11 is 0. The molecule has 40 heavy (non-hydrogen) atoms. The average Bonchev–Trinajstić information content (AvgIpc) is 2.93. The van der Waals surface area contributed by atoms with Gasteiger partial charge in [-0.25, -0.2) is 4.98 Å². The molecule has 4 rings (SSSR count). The van der Waals surface area contributed by atoms with Gasteiger partial charge in [-0.15, -0.1) is 0 Å². The summed E-state index contributed by atoms with van der Waals surface area (Å²) in [6.07, 6.45) is 4.16. The van der Waals surface area contributed by atoms with E-state index in [1.165, 1.54) is 37.2 Å². The molecular formula is C30H36F3N5O2. The van der Waals surface area contributed by atoms with Crippen LogP contribution in [0.4, 0.5) is 24.7 Å². The van der Waals surface area contributed by atoms with E-state index in [9.17, 15) is 28.0 Å². The largest absolute Gasteiger partial charge is 0.416 e. The van der Waals surface area contributed by atoms with Gasteiger partial charge >= 0.3 is 6.18 Å². The summed E-state index contributed by atoms with van der Waals surface area (Å²) in [5.41, 5.74) is -0.564. The van der Waals surface area contributed by atoms with Crippen molar-refractivity contribution in [3.8, 4) is 6.07 Å². The van der Waals surface area contributed by atoms with Gasteiger partial charge in [0, 0.05) is 44.2 Å². The van der Waals surface area contributed by atoms with Gasteiger partial charge in [-0.05, 0) is 88.2 Å². The molecule has 1 N–H and O–H groups in total. The van der Waals surface area contributed by atoms with Gasteiger partial charge in [-0.1, -0.05) is 6.07 Å². The fraction of sp³-hybridized carbons (Fsp3) is 0.533. The highest BCUT2D eigenvalue weighted by molar-refractivity contribution is 6.05. The van der Waals surface area contributed by atoms with Crippen LogP contribution in [0, 0.1) is 23.2 Å². The number of nitrogens with one attached hydrogen (secondary N) is 1. The summed E-state index contributed by atoms with van der Waals surface area (Å²) in [5, 5.41) is 12.0. The van der Waals surface area contributed by atoms with E-state index in [2.05, 4.69) is 22.2 Å². The Morgan fingerprint density at radius 3 is 2.60 bits per heavy atom. The van der Waals surface area contributed by atoms with Crippen LogP contribution in [-0.2, 0) is 11.0 Å². The van der Waals surface area contributed by atoms with Crippen LogP contribution < -0.4 is 10.2 Å². The topological polar surface area (TPSA) is 89.3 Å². The number of ketones is 1. The molecule has 3 heterocycles. The van der Waals surface area contributed by atoms with Crippen LogP contribution in [0.2, 0.25) is 0 Å². The molecule has 0 radical (unpaired) electrons. The highest BCUT2D eigenvalue weighted by atomic mass is 19.4. The molecular weight excluding hydrogens is 519 g/mol. The molecule has 1 amide bonds. The first-order valence-corrected chi connectivity index (χ1v) is 14.0. The predicted octanol–water partition coefficient (Wildman–Crippen LogP) is 5.91. The molecule has 1 aromatic heterocycles. The number of rotatable bonds is 9. The molecule has 2 aliphatic rings. The van der Waals surface area contributed by atoms with Crippen LogP contribution in [0.15, 0.2) is 36.5 Å². The number of amides is 1. The number of benzene rings is 1. The molecule has 2 fully saturated rings. The molecule has 1 unspecified atom stereocenters. The van der Waals surface area contributed by atoms with Crippen molar-refractivity contribution in [1.82, 2.24) is 9.88 Å². The van der Waals surface area contributed by atoms with E-state index in [4.69, 9.17) is 0 Å². The van der Waals surface area contributed by atoms with Crippen molar-refractivity contribution < 1.29 is 22.8 Å². The van der Waals surface area contributed by atoms with E-state index in [1.807, 2.05) is 11.0 Å². The number of carbonyl (C=O) groups is 2. The minimum Gasteiger partial charge on any atom is -0.355 e. The molecule has 2 aliphatic heterocycles. The van der Waals surface area contributed by atoms with Crippen molar-refractivity contribution in [2.75, 3.05) is 43.4 Å². The lowest BCUT2D eigenvalue weighted by Crippen LogP contribution is -2.35. The number of nitrogens with zero attached hydrogens (tertiary/aromatic N) is 4. The Morgan fingerprint density at radius 2 is 1.90 bits per heavy atom. The molecule has 1 atom stereocenters. The third-order valence-electron chi connectivity index (χ3n) is 7.92. The van der Waals surface area contributed by atoms with E-state index >= 15 is 0 Å². The lowest BCUT2D eigenvalue weighted by Gasteiger charge is -2.33. The molecule has 7 nitrogen and oxygen atoms in total. The molecule has 1 aromatic carbocycles. The Bertz CT molecular complexity index is 1230. The summed E-state index contributed by atoms with van der Waals surface area (Å²) in [6.45, 7) is 3.53. The maximum atomic E-state index is 13.1. The number of Topliss-reactive ketones (excluding diaryl/α,β-unsaturated/α-hetero) is 1. The van der Waals surface area contributed by atoms with Crippen molar-refractivity contribution >= 4 is 23.2 Å². The minimum atomic E-state index is -4.57. The van der Waals surface area contributed by atoms with Crippen molar-refractivity contribution in [2.45, 2.75) is 57.5 Å². The first-order valence-electron chi connectivity index (χ1n) is 14.0. The zero-order valence-corrected chi connectivity index (χ0v) is 22.8. The minimum absolute atomic E-state index is 0.143. The van der Waals surface area contributed by atoms with Crippen LogP contribution in [-0.4, -0.2) is 54.8 Å². The Hall–Kier alpha value is -3.45. The van der Waals surface area contributed by atoms with Gasteiger partial charge in [0.1, 0.15) is 11.9 Å². The van der Waals surface area contributed by atoms with Crippen molar-refractivity contribution in [1.29, 1.82) is 5.26 Å². The summed E-state index contributed by atoms with van der Waals surface area (Å²) in [6, 6.07) is 7.66. The Kier molecular flexibility index (Phi) is 9.80. The van der Waals surface area contributed by atoms with Gasteiger partial charge in [0.2, 0.25) is 0 Å². The number of piperidine rings is 2. The van der Waals surface area contributed by atoms with E-state index in [-0.39, 0.29) is 22.7 Å². The predicted molar refractivity (Wildman–Crippen MR) is 147 cm³/mol. The molecule has 10 heteroatoms. The van der Waals surface area contributed by atoms with Crippen LogP contribution in [0.3, 0.4) is 0 Å². The first-order chi connectivity index (χ1) is 19.1. The third kappa shape index (κ3) is 8.04. The number of carbonyl (C=O) groups excluding carboxylic acids is 2. The Labute approximate surface area is 233 Å². The van der Waals surface area contributed by atoms with Gasteiger partial charge in [-0.2, -0.15) is 18.4 Å². The molecule has 0 bridgehead atoms. The smallest absolute Gasteiger partial charge is 0.355 e. The number of anilines is 2. The Balaban J connectivity index is 1.32. The highest BCUT2D eigenvalue weighted by Gasteiger charge is 2.31. The number of alkyl halides is 3. The van der Waals surface area contributed by atoms with Crippen molar-refractivity contribution in [3.05, 3.63) is 53.2 Å². The summed E-state index contributed by atoms with van der Waals surface area (Å²) < 4.78 is 39.4. The lowest BCUT2D eigenvalue weighted by atomic mass is 9.88. The SMILES string of the molecule is CN1CCCC(CCCC(=O)CC2CCN(c3ncc(C#N)cc3NC(=O)c3cccc(C(F)(F)F)c3)CC2)C1. The second-order valence-corrected chi connectivity index (χ2v) is 11.1. The molecule has 214 valence electrons. The maximum Gasteiger partial charge on any atom is 0.416 e. The van der Waals surface area contributed by atoms with Crippen LogP contribution in [0.25, 0.3) is 0 Å². The zero-order valence-electron chi connectivity index (χ0n) is 22.8. The van der Waals surface area contributed by atoms with Crippen LogP contribution in [0.1, 0.15) is 72.9 Å². The molecule has 2 saturated heterocycles. The highest BCUT2D eigenvalue weighted by Crippen LogP contribution is 2.32. The van der Waals surface area contributed by atoms with E-state index in [0.717, 1.165) is 50.9 Å². The zero-order chi connectivity index (χ0) is 28.7. The van der Waals surface area contributed by atoms with E-state index in [1.54, 1.807) is 0 Å². The second-order valence-electron chi connectivity index (χ2n) is 11.1. The van der Waals surface area contributed by atoms with Gasteiger partial charge in [0.25, 0.3) is 5.91 Å². The number of aromatic nitrogens is 1. The molecule has 2 aromatic rings. The standard InChI is InChI=1S/C30H36F3N5O2/c1-37-12-4-6-22(20-37)5-2-9-26(39)15-21-10-13-38(14-11-21)28-27(16-23(18-34)19-35-28)36-29(40)24-7-3-8-25(17-24)30(31,32)33/h3,7-8,16-17,19,21-22H,2,4-6,9-15,20H2,1H3,(H,36,40).